The highest BCUT2D eigenvalue weighted by atomic mass is 32.1. The Hall–Kier alpha value is -0.970. The lowest BCUT2D eigenvalue weighted by atomic mass is 9.78. The number of carbonyl (C=O) groups excluding carboxylic acids is 2. The predicted octanol–water partition coefficient (Wildman–Crippen LogP) is 1.74. The fraction of sp³-hybridized carbons (Fsp3) is 0.700. The molecule has 0 radical (unpaired) electrons. The Morgan fingerprint density at radius 1 is 1.27 bits per heavy atom. The van der Waals surface area contributed by atoms with Gasteiger partial charge in [-0.1, -0.05) is 38.9 Å². The molecule has 2 N–H and O–H groups in total. The first-order chi connectivity index (χ1) is 7.06. The molecule has 1 fully saturated rings. The molecule has 0 spiro atoms. The summed E-state index contributed by atoms with van der Waals surface area (Å²) in [6.07, 6.45) is 3.26. The number of thiocarbonyl (C=S) groups is 1. The van der Waals surface area contributed by atoms with Crippen molar-refractivity contribution < 1.29 is 9.59 Å². The van der Waals surface area contributed by atoms with Gasteiger partial charge in [0.2, 0.25) is 5.91 Å². The lowest BCUT2D eigenvalue weighted by Gasteiger charge is -2.35. The van der Waals surface area contributed by atoms with Gasteiger partial charge in [0.25, 0.3) is 0 Å². The monoisotopic (exact) mass is 228 g/mol. The Labute approximate surface area is 94.8 Å². The Bertz CT molecular complexity index is 282. The molecular formula is C10H16N2O2S. The van der Waals surface area contributed by atoms with Gasteiger partial charge in [-0.05, 0) is 12.8 Å². The summed E-state index contributed by atoms with van der Waals surface area (Å²) in [6, 6.07) is -0.509. The van der Waals surface area contributed by atoms with Gasteiger partial charge in [-0.3, -0.25) is 10.1 Å². The summed E-state index contributed by atoms with van der Waals surface area (Å²) in [5, 5.41) is 4.80. The molecule has 1 heterocycles. The Balaban J connectivity index is 2.89. The van der Waals surface area contributed by atoms with Gasteiger partial charge in [-0.25, -0.2) is 4.79 Å². The molecule has 15 heavy (non-hydrogen) atoms. The van der Waals surface area contributed by atoms with Gasteiger partial charge in [0, 0.05) is 0 Å². The molecule has 0 aromatic rings. The standard InChI is InChI=1S/C10H16N2O2S/c1-3-5-6-10(4-2)7(13)11-9(14)12-8(10)15/h3-6H2,1-2H3,(H2,11,12,13,14,15)/t10-/m1/s1. The lowest BCUT2D eigenvalue weighted by Crippen LogP contribution is -2.61. The molecule has 84 valence electrons. The van der Waals surface area contributed by atoms with Crippen molar-refractivity contribution >= 4 is 29.1 Å². The van der Waals surface area contributed by atoms with Crippen molar-refractivity contribution in [2.24, 2.45) is 5.41 Å². The van der Waals surface area contributed by atoms with Crippen LogP contribution in [-0.2, 0) is 4.79 Å². The van der Waals surface area contributed by atoms with E-state index in [-0.39, 0.29) is 5.91 Å². The summed E-state index contributed by atoms with van der Waals surface area (Å²) in [5.41, 5.74) is -0.681. The van der Waals surface area contributed by atoms with Crippen LogP contribution in [0.15, 0.2) is 0 Å². The number of urea groups is 1. The first kappa shape index (κ1) is 12.1. The van der Waals surface area contributed by atoms with Crippen LogP contribution in [0.3, 0.4) is 0 Å². The number of rotatable bonds is 4. The van der Waals surface area contributed by atoms with E-state index in [2.05, 4.69) is 17.6 Å². The summed E-state index contributed by atoms with van der Waals surface area (Å²) < 4.78 is 0. The molecule has 0 bridgehead atoms. The number of nitrogens with one attached hydrogen (secondary N) is 2. The van der Waals surface area contributed by atoms with Gasteiger partial charge >= 0.3 is 6.03 Å². The van der Waals surface area contributed by atoms with Crippen molar-refractivity contribution in [3.8, 4) is 0 Å². The maximum Gasteiger partial charge on any atom is 0.326 e. The molecule has 5 heteroatoms. The quantitative estimate of drug-likeness (QED) is 0.721. The summed E-state index contributed by atoms with van der Waals surface area (Å²) in [5.74, 6) is -0.257. The van der Waals surface area contributed by atoms with E-state index in [4.69, 9.17) is 12.2 Å². The summed E-state index contributed by atoms with van der Waals surface area (Å²) in [4.78, 5) is 23.2. The molecule has 1 saturated heterocycles. The van der Waals surface area contributed by atoms with Crippen LogP contribution < -0.4 is 10.6 Å². The molecule has 0 saturated carbocycles. The fourth-order valence-corrected chi connectivity index (χ4v) is 2.22. The van der Waals surface area contributed by atoms with Crippen molar-refractivity contribution in [1.82, 2.24) is 10.6 Å². The molecule has 0 aromatic carbocycles. The zero-order chi connectivity index (χ0) is 11.5. The molecule has 1 atom stereocenters. The number of amides is 3. The van der Waals surface area contributed by atoms with E-state index >= 15 is 0 Å². The maximum atomic E-state index is 11.8. The smallest absolute Gasteiger partial charge is 0.301 e. The highest BCUT2D eigenvalue weighted by molar-refractivity contribution is 7.80. The average Bonchev–Trinajstić information content (AvgIpc) is 2.17. The molecule has 0 unspecified atom stereocenters. The molecule has 0 aromatic heterocycles. The van der Waals surface area contributed by atoms with E-state index < -0.39 is 11.4 Å². The van der Waals surface area contributed by atoms with Gasteiger partial charge in [0.1, 0.15) is 0 Å². The van der Waals surface area contributed by atoms with Crippen molar-refractivity contribution in [3.63, 3.8) is 0 Å². The maximum absolute atomic E-state index is 11.8. The SMILES string of the molecule is CCCC[C@]1(CC)C(=O)NC(=O)NC1=S. The average molecular weight is 228 g/mol. The summed E-state index contributed by atoms with van der Waals surface area (Å²) >= 11 is 5.11. The van der Waals surface area contributed by atoms with E-state index in [1.54, 1.807) is 0 Å². The summed E-state index contributed by atoms with van der Waals surface area (Å²) in [6.45, 7) is 3.98. The van der Waals surface area contributed by atoms with Crippen LogP contribution in [0.4, 0.5) is 4.79 Å². The van der Waals surface area contributed by atoms with Gasteiger partial charge in [-0.2, -0.15) is 0 Å². The second-order valence-corrected chi connectivity index (χ2v) is 4.18. The minimum absolute atomic E-state index is 0.257. The Kier molecular flexibility index (Phi) is 3.79. The van der Waals surface area contributed by atoms with Crippen molar-refractivity contribution in [3.05, 3.63) is 0 Å². The Morgan fingerprint density at radius 3 is 2.40 bits per heavy atom. The Morgan fingerprint density at radius 2 is 1.93 bits per heavy atom. The van der Waals surface area contributed by atoms with Crippen LogP contribution in [0.25, 0.3) is 0 Å². The molecule has 3 amide bonds. The third kappa shape index (κ3) is 2.17. The minimum Gasteiger partial charge on any atom is -0.301 e. The van der Waals surface area contributed by atoms with E-state index in [1.807, 2.05) is 6.92 Å². The molecular weight excluding hydrogens is 212 g/mol. The van der Waals surface area contributed by atoms with Crippen LogP contribution >= 0.6 is 12.2 Å². The van der Waals surface area contributed by atoms with E-state index in [9.17, 15) is 9.59 Å². The van der Waals surface area contributed by atoms with Crippen LogP contribution in [0.1, 0.15) is 39.5 Å². The van der Waals surface area contributed by atoms with Crippen molar-refractivity contribution in [2.45, 2.75) is 39.5 Å². The van der Waals surface area contributed by atoms with Crippen molar-refractivity contribution in [1.29, 1.82) is 0 Å². The third-order valence-corrected chi connectivity index (χ3v) is 3.38. The normalized spacial score (nSPS) is 26.1. The topological polar surface area (TPSA) is 58.2 Å². The first-order valence-electron chi connectivity index (χ1n) is 5.23. The zero-order valence-corrected chi connectivity index (χ0v) is 9.87. The van der Waals surface area contributed by atoms with Gasteiger partial charge in [0.15, 0.2) is 0 Å². The van der Waals surface area contributed by atoms with Crippen LogP contribution in [0.5, 0.6) is 0 Å². The molecule has 4 nitrogen and oxygen atoms in total. The number of hydrogen-bond acceptors (Lipinski definition) is 3. The van der Waals surface area contributed by atoms with Crippen LogP contribution in [0.2, 0.25) is 0 Å². The predicted molar refractivity (Wildman–Crippen MR) is 61.5 cm³/mol. The number of imide groups is 1. The fourth-order valence-electron chi connectivity index (χ4n) is 1.78. The summed E-state index contributed by atoms with van der Waals surface area (Å²) in [7, 11) is 0. The molecule has 1 rings (SSSR count). The van der Waals surface area contributed by atoms with E-state index in [1.165, 1.54) is 0 Å². The first-order valence-corrected chi connectivity index (χ1v) is 5.64. The van der Waals surface area contributed by atoms with Crippen LogP contribution in [-0.4, -0.2) is 16.9 Å². The van der Waals surface area contributed by atoms with E-state index in [0.717, 1.165) is 12.8 Å². The second-order valence-electron chi connectivity index (χ2n) is 3.78. The lowest BCUT2D eigenvalue weighted by molar-refractivity contribution is -0.127. The second kappa shape index (κ2) is 4.70. The molecule has 1 aliphatic heterocycles. The molecule has 0 aliphatic carbocycles. The highest BCUT2D eigenvalue weighted by Crippen LogP contribution is 2.32. The van der Waals surface area contributed by atoms with Crippen molar-refractivity contribution in [2.75, 3.05) is 0 Å². The number of unbranched alkanes of at least 4 members (excludes halogenated alkanes) is 1. The van der Waals surface area contributed by atoms with E-state index in [0.29, 0.717) is 17.8 Å². The zero-order valence-electron chi connectivity index (χ0n) is 9.05. The largest absolute Gasteiger partial charge is 0.326 e. The van der Waals surface area contributed by atoms with Crippen LogP contribution in [0, 0.1) is 5.41 Å². The number of hydrogen-bond donors (Lipinski definition) is 2. The number of carbonyl (C=O) groups is 2. The highest BCUT2D eigenvalue weighted by Gasteiger charge is 2.45. The molecule has 1 aliphatic rings. The third-order valence-electron chi connectivity index (χ3n) is 2.88. The van der Waals surface area contributed by atoms with Gasteiger partial charge in [-0.15, -0.1) is 0 Å². The van der Waals surface area contributed by atoms with Gasteiger partial charge in [0.05, 0.1) is 10.4 Å². The minimum atomic E-state index is -0.681. The van der Waals surface area contributed by atoms with Gasteiger partial charge < -0.3 is 5.32 Å².